The summed E-state index contributed by atoms with van der Waals surface area (Å²) in [6.45, 7) is 3.97. The zero-order valence-corrected chi connectivity index (χ0v) is 16.8. The maximum Gasteiger partial charge on any atom is 0.325 e. The average Bonchev–Trinajstić information content (AvgIpc) is 3.13. The van der Waals surface area contributed by atoms with Crippen LogP contribution in [0, 0.1) is 0 Å². The van der Waals surface area contributed by atoms with Gasteiger partial charge in [0, 0.05) is 60.4 Å². The van der Waals surface area contributed by atoms with Crippen molar-refractivity contribution in [2.75, 3.05) is 32.7 Å². The second kappa shape index (κ2) is 8.82. The predicted octanol–water partition coefficient (Wildman–Crippen LogP) is 4.28. The molecule has 2 heterocycles. The summed E-state index contributed by atoms with van der Waals surface area (Å²) in [6, 6.07) is 15.1. The van der Waals surface area contributed by atoms with Gasteiger partial charge in [0.05, 0.1) is 0 Å². The van der Waals surface area contributed by atoms with Crippen molar-refractivity contribution in [3.63, 3.8) is 0 Å². The van der Waals surface area contributed by atoms with Gasteiger partial charge in [-0.2, -0.15) is 0 Å². The third-order valence-electron chi connectivity index (χ3n) is 5.45. The smallest absolute Gasteiger partial charge is 0.325 e. The van der Waals surface area contributed by atoms with Gasteiger partial charge in [-0.1, -0.05) is 54.1 Å². The summed E-state index contributed by atoms with van der Waals surface area (Å²) in [7, 11) is 0. The number of aromatic amines is 1. The van der Waals surface area contributed by atoms with E-state index in [9.17, 15) is 9.90 Å². The number of aromatic nitrogens is 1. The Morgan fingerprint density at radius 1 is 1.14 bits per heavy atom. The van der Waals surface area contributed by atoms with Crippen LogP contribution in [0.2, 0.25) is 5.02 Å². The van der Waals surface area contributed by atoms with E-state index in [1.807, 2.05) is 41.3 Å². The van der Waals surface area contributed by atoms with Crippen molar-refractivity contribution >= 4 is 34.5 Å². The molecular weight excluding hydrogens is 386 g/mol. The summed E-state index contributed by atoms with van der Waals surface area (Å²) in [5.74, 6) is -0.830. The van der Waals surface area contributed by atoms with Gasteiger partial charge in [-0.05, 0) is 23.8 Å². The summed E-state index contributed by atoms with van der Waals surface area (Å²) < 4.78 is 0. The van der Waals surface area contributed by atoms with Crippen LogP contribution in [0.15, 0.2) is 60.8 Å². The Bertz CT molecular complexity index is 1010. The van der Waals surface area contributed by atoms with E-state index in [4.69, 9.17) is 11.6 Å². The highest BCUT2D eigenvalue weighted by atomic mass is 35.5. The Hall–Kier alpha value is -2.60. The number of fused-ring (bicyclic) bond motifs is 1. The minimum Gasteiger partial charge on any atom is -0.480 e. The molecule has 150 valence electrons. The molecule has 1 saturated heterocycles. The number of nitrogens with one attached hydrogen (secondary N) is 1. The fraction of sp³-hybridized carbons (Fsp3) is 0.261. The number of nitrogens with zero attached hydrogens (tertiary/aromatic N) is 2. The van der Waals surface area contributed by atoms with Gasteiger partial charge < -0.3 is 10.1 Å². The molecule has 0 bridgehead atoms. The lowest BCUT2D eigenvalue weighted by atomic mass is 10.0. The number of H-pyrrole nitrogens is 1. The lowest BCUT2D eigenvalue weighted by molar-refractivity contribution is -0.144. The van der Waals surface area contributed by atoms with Crippen molar-refractivity contribution in [2.45, 2.75) is 6.04 Å². The van der Waals surface area contributed by atoms with Crippen LogP contribution in [-0.2, 0) is 4.79 Å². The van der Waals surface area contributed by atoms with Crippen LogP contribution in [-0.4, -0.2) is 58.6 Å². The van der Waals surface area contributed by atoms with Crippen molar-refractivity contribution in [3.8, 4) is 0 Å². The van der Waals surface area contributed by atoms with Gasteiger partial charge in [-0.3, -0.25) is 14.6 Å². The third-order valence-corrected chi connectivity index (χ3v) is 5.68. The molecule has 0 spiro atoms. The SMILES string of the molecule is O=C(O)C(c1c[nH]c2ccc(Cl)cc12)N1CCN(CC=Cc2ccccc2)CC1. The molecule has 2 aromatic carbocycles. The van der Waals surface area contributed by atoms with E-state index in [1.54, 1.807) is 6.20 Å². The highest BCUT2D eigenvalue weighted by molar-refractivity contribution is 6.31. The Labute approximate surface area is 175 Å². The van der Waals surface area contributed by atoms with Gasteiger partial charge in [0.25, 0.3) is 0 Å². The van der Waals surface area contributed by atoms with Crippen molar-refractivity contribution in [3.05, 3.63) is 77.0 Å². The minimum absolute atomic E-state index is 0.609. The van der Waals surface area contributed by atoms with Crippen molar-refractivity contribution in [1.82, 2.24) is 14.8 Å². The standard InChI is InChI=1S/C23H24ClN3O2/c24-18-8-9-21-19(15-18)20(16-25-21)22(23(28)29)27-13-11-26(12-14-27)10-4-7-17-5-2-1-3-6-17/h1-9,15-16,22,25H,10-14H2,(H,28,29). The molecule has 1 unspecified atom stereocenters. The van der Waals surface area contributed by atoms with Crippen molar-refractivity contribution in [2.24, 2.45) is 0 Å². The van der Waals surface area contributed by atoms with Crippen LogP contribution in [0.3, 0.4) is 0 Å². The molecular formula is C23H24ClN3O2. The van der Waals surface area contributed by atoms with Gasteiger partial charge in [-0.15, -0.1) is 0 Å². The lowest BCUT2D eigenvalue weighted by Gasteiger charge is -2.37. The maximum absolute atomic E-state index is 12.1. The number of carboxylic acid groups (broad SMARTS) is 1. The van der Waals surface area contributed by atoms with E-state index in [2.05, 4.69) is 34.2 Å². The summed E-state index contributed by atoms with van der Waals surface area (Å²) in [4.78, 5) is 19.7. The van der Waals surface area contributed by atoms with Crippen LogP contribution in [0.4, 0.5) is 0 Å². The van der Waals surface area contributed by atoms with Crippen LogP contribution < -0.4 is 0 Å². The number of hydrogen-bond acceptors (Lipinski definition) is 3. The molecule has 4 rings (SSSR count). The Morgan fingerprint density at radius 2 is 1.90 bits per heavy atom. The Morgan fingerprint density at radius 3 is 2.62 bits per heavy atom. The van der Waals surface area contributed by atoms with Gasteiger partial charge in [0.1, 0.15) is 6.04 Å². The molecule has 1 fully saturated rings. The minimum atomic E-state index is -0.830. The molecule has 0 saturated carbocycles. The van der Waals surface area contributed by atoms with E-state index >= 15 is 0 Å². The highest BCUT2D eigenvalue weighted by Gasteiger charge is 2.31. The quantitative estimate of drug-likeness (QED) is 0.638. The van der Waals surface area contributed by atoms with Gasteiger partial charge in [-0.25, -0.2) is 0 Å². The molecule has 5 nitrogen and oxygen atoms in total. The van der Waals surface area contributed by atoms with Gasteiger partial charge in [0.15, 0.2) is 0 Å². The van der Waals surface area contributed by atoms with Crippen LogP contribution in [0.5, 0.6) is 0 Å². The number of carbonyl (C=O) groups is 1. The Kier molecular flexibility index (Phi) is 6.00. The second-order valence-electron chi connectivity index (χ2n) is 7.32. The number of rotatable bonds is 6. The molecule has 3 aromatic rings. The average molecular weight is 410 g/mol. The number of benzene rings is 2. The third kappa shape index (κ3) is 4.53. The molecule has 1 atom stereocenters. The molecule has 0 aliphatic carbocycles. The summed E-state index contributed by atoms with van der Waals surface area (Å²) >= 11 is 6.14. The van der Waals surface area contributed by atoms with Crippen LogP contribution in [0.1, 0.15) is 17.2 Å². The van der Waals surface area contributed by atoms with Crippen molar-refractivity contribution < 1.29 is 9.90 Å². The van der Waals surface area contributed by atoms with Crippen LogP contribution >= 0.6 is 11.6 Å². The van der Waals surface area contributed by atoms with E-state index < -0.39 is 12.0 Å². The molecule has 0 radical (unpaired) electrons. The lowest BCUT2D eigenvalue weighted by Crippen LogP contribution is -2.49. The molecule has 1 aliphatic heterocycles. The number of halogens is 1. The van der Waals surface area contributed by atoms with E-state index in [-0.39, 0.29) is 0 Å². The molecule has 29 heavy (non-hydrogen) atoms. The fourth-order valence-corrected chi connectivity index (χ4v) is 4.10. The van der Waals surface area contributed by atoms with Gasteiger partial charge in [0.2, 0.25) is 0 Å². The van der Waals surface area contributed by atoms with Gasteiger partial charge >= 0.3 is 5.97 Å². The van der Waals surface area contributed by atoms with E-state index in [0.29, 0.717) is 18.1 Å². The monoisotopic (exact) mass is 409 g/mol. The van der Waals surface area contributed by atoms with Crippen molar-refractivity contribution in [1.29, 1.82) is 0 Å². The van der Waals surface area contributed by atoms with Crippen LogP contribution in [0.25, 0.3) is 17.0 Å². The molecule has 1 aliphatic rings. The first-order chi connectivity index (χ1) is 14.1. The number of aliphatic carboxylic acids is 1. The summed E-state index contributed by atoms with van der Waals surface area (Å²) in [5, 5.41) is 11.4. The summed E-state index contributed by atoms with van der Waals surface area (Å²) in [6.07, 6.45) is 6.10. The Balaban J connectivity index is 1.42. The summed E-state index contributed by atoms with van der Waals surface area (Å²) in [5.41, 5.74) is 2.86. The fourth-order valence-electron chi connectivity index (χ4n) is 3.93. The topological polar surface area (TPSA) is 59.6 Å². The maximum atomic E-state index is 12.1. The number of carboxylic acids is 1. The first-order valence-electron chi connectivity index (χ1n) is 9.79. The molecule has 2 N–H and O–H groups in total. The molecule has 0 amide bonds. The van der Waals surface area contributed by atoms with E-state index in [1.165, 1.54) is 5.56 Å². The second-order valence-corrected chi connectivity index (χ2v) is 7.76. The number of piperazine rings is 1. The first-order valence-corrected chi connectivity index (χ1v) is 10.2. The highest BCUT2D eigenvalue weighted by Crippen LogP contribution is 2.31. The normalized spacial score (nSPS) is 17.1. The largest absolute Gasteiger partial charge is 0.480 e. The molecule has 6 heteroatoms. The predicted molar refractivity (Wildman–Crippen MR) is 117 cm³/mol. The van der Waals surface area contributed by atoms with E-state index in [0.717, 1.165) is 36.1 Å². The first kappa shape index (κ1) is 19.7. The zero-order valence-electron chi connectivity index (χ0n) is 16.1. The number of hydrogen-bond donors (Lipinski definition) is 2. The molecule has 1 aromatic heterocycles. The zero-order chi connectivity index (χ0) is 20.2.